The number of hydrogen-bond acceptors (Lipinski definition) is 4. The van der Waals surface area contributed by atoms with Crippen molar-refractivity contribution < 1.29 is 17.9 Å². The summed E-state index contributed by atoms with van der Waals surface area (Å²) in [5.74, 6) is 0.0708. The number of aryl methyl sites for hydroxylation is 1. The topological polar surface area (TPSA) is 75.7 Å². The van der Waals surface area contributed by atoms with E-state index in [9.17, 15) is 13.2 Å². The van der Waals surface area contributed by atoms with E-state index < -0.39 is 15.9 Å². The van der Waals surface area contributed by atoms with Crippen LogP contribution in [0.1, 0.15) is 18.9 Å². The molecule has 0 saturated carbocycles. The van der Waals surface area contributed by atoms with E-state index in [4.69, 9.17) is 16.3 Å². The molecule has 0 spiro atoms. The van der Waals surface area contributed by atoms with Crippen molar-refractivity contribution in [2.24, 2.45) is 0 Å². The lowest BCUT2D eigenvalue weighted by atomic mass is 10.2. The largest absolute Gasteiger partial charge is 0.495 e. The Morgan fingerprint density at radius 1 is 1.19 bits per heavy atom. The van der Waals surface area contributed by atoms with Crippen LogP contribution in [0.25, 0.3) is 0 Å². The fourth-order valence-electron chi connectivity index (χ4n) is 2.56. The standard InChI is InChI=1S/C19H23ClN2O4S/c1-4-11-22(27(24,25)16-8-6-15(20)7-9-16)13-19(23)21-17-12-14(2)5-10-18(17)26-3/h5-10,12H,4,11,13H2,1-3H3,(H,21,23). The highest BCUT2D eigenvalue weighted by atomic mass is 35.5. The molecule has 0 aromatic heterocycles. The quantitative estimate of drug-likeness (QED) is 0.720. The van der Waals surface area contributed by atoms with Gasteiger partial charge in [0.1, 0.15) is 5.75 Å². The predicted octanol–water partition coefficient (Wildman–Crippen LogP) is 3.70. The van der Waals surface area contributed by atoms with Gasteiger partial charge in [-0.25, -0.2) is 8.42 Å². The first-order valence-electron chi connectivity index (χ1n) is 8.48. The number of nitrogens with one attached hydrogen (secondary N) is 1. The minimum atomic E-state index is -3.81. The van der Waals surface area contributed by atoms with E-state index in [1.807, 2.05) is 19.9 Å². The zero-order valence-corrected chi connectivity index (χ0v) is 17.1. The van der Waals surface area contributed by atoms with Crippen LogP contribution >= 0.6 is 11.6 Å². The third kappa shape index (κ3) is 5.45. The van der Waals surface area contributed by atoms with E-state index in [2.05, 4.69) is 5.32 Å². The molecule has 0 radical (unpaired) electrons. The molecule has 0 fully saturated rings. The van der Waals surface area contributed by atoms with E-state index in [0.717, 1.165) is 9.87 Å². The Morgan fingerprint density at radius 3 is 2.44 bits per heavy atom. The summed E-state index contributed by atoms with van der Waals surface area (Å²) in [5, 5.41) is 3.18. The summed E-state index contributed by atoms with van der Waals surface area (Å²) >= 11 is 5.83. The second kappa shape index (κ2) is 9.21. The molecule has 0 aliphatic rings. The van der Waals surface area contributed by atoms with Gasteiger partial charge >= 0.3 is 0 Å². The normalized spacial score (nSPS) is 11.4. The number of anilines is 1. The highest BCUT2D eigenvalue weighted by Crippen LogP contribution is 2.25. The third-order valence-corrected chi connectivity index (χ3v) is 5.98. The summed E-state index contributed by atoms with van der Waals surface area (Å²) in [6, 6.07) is 11.3. The Balaban J connectivity index is 2.21. The fourth-order valence-corrected chi connectivity index (χ4v) is 4.17. The maximum Gasteiger partial charge on any atom is 0.243 e. The van der Waals surface area contributed by atoms with Crippen LogP contribution in [0.3, 0.4) is 0 Å². The van der Waals surface area contributed by atoms with Gasteiger partial charge in [-0.3, -0.25) is 4.79 Å². The Hall–Kier alpha value is -2.09. The molecule has 27 heavy (non-hydrogen) atoms. The number of halogens is 1. The molecule has 0 bridgehead atoms. The minimum Gasteiger partial charge on any atom is -0.495 e. The van der Waals surface area contributed by atoms with Gasteiger partial charge in [0.25, 0.3) is 0 Å². The Labute approximate surface area is 165 Å². The molecule has 2 aromatic rings. The summed E-state index contributed by atoms with van der Waals surface area (Å²) in [6.07, 6.45) is 0.577. The molecule has 0 aliphatic heterocycles. The van der Waals surface area contributed by atoms with Crippen molar-refractivity contribution in [1.82, 2.24) is 4.31 Å². The first-order chi connectivity index (χ1) is 12.8. The minimum absolute atomic E-state index is 0.0984. The number of ether oxygens (including phenoxy) is 1. The lowest BCUT2D eigenvalue weighted by molar-refractivity contribution is -0.116. The second-order valence-electron chi connectivity index (χ2n) is 6.04. The maximum absolute atomic E-state index is 12.9. The van der Waals surface area contributed by atoms with Crippen molar-refractivity contribution in [2.45, 2.75) is 25.2 Å². The molecule has 0 unspecified atom stereocenters. The van der Waals surface area contributed by atoms with Crippen LogP contribution in [-0.2, 0) is 14.8 Å². The second-order valence-corrected chi connectivity index (χ2v) is 8.42. The van der Waals surface area contributed by atoms with Gasteiger partial charge < -0.3 is 10.1 Å². The zero-order valence-electron chi connectivity index (χ0n) is 15.5. The zero-order chi connectivity index (χ0) is 20.0. The number of carbonyl (C=O) groups excluding carboxylic acids is 1. The number of nitrogens with zero attached hydrogens (tertiary/aromatic N) is 1. The van der Waals surface area contributed by atoms with E-state index in [-0.39, 0.29) is 18.0 Å². The van der Waals surface area contributed by atoms with Gasteiger partial charge in [0.2, 0.25) is 15.9 Å². The van der Waals surface area contributed by atoms with E-state index in [0.29, 0.717) is 22.9 Å². The van der Waals surface area contributed by atoms with Crippen molar-refractivity contribution in [2.75, 3.05) is 25.5 Å². The molecule has 1 N–H and O–H groups in total. The number of carbonyl (C=O) groups is 1. The fraction of sp³-hybridized carbons (Fsp3) is 0.316. The lowest BCUT2D eigenvalue weighted by Gasteiger charge is -2.21. The van der Waals surface area contributed by atoms with Crippen LogP contribution < -0.4 is 10.1 Å². The average Bonchev–Trinajstić information content (AvgIpc) is 2.62. The SMILES string of the molecule is CCCN(CC(=O)Nc1cc(C)ccc1OC)S(=O)(=O)c1ccc(Cl)cc1. The Morgan fingerprint density at radius 2 is 1.85 bits per heavy atom. The molecule has 146 valence electrons. The number of benzene rings is 2. The lowest BCUT2D eigenvalue weighted by Crippen LogP contribution is -2.38. The molecule has 0 heterocycles. The molecule has 0 atom stereocenters. The number of amides is 1. The average molecular weight is 411 g/mol. The smallest absolute Gasteiger partial charge is 0.243 e. The molecule has 1 amide bonds. The van der Waals surface area contributed by atoms with Crippen molar-refractivity contribution in [1.29, 1.82) is 0 Å². The first kappa shape index (κ1) is 21.2. The summed E-state index contributed by atoms with van der Waals surface area (Å²) < 4.78 is 32.2. The molecular weight excluding hydrogens is 388 g/mol. The monoisotopic (exact) mass is 410 g/mol. The summed E-state index contributed by atoms with van der Waals surface area (Å²) in [7, 11) is -2.30. The number of hydrogen-bond donors (Lipinski definition) is 1. The van der Waals surface area contributed by atoms with Gasteiger partial charge in [0, 0.05) is 11.6 Å². The Bertz CT molecular complexity index is 898. The third-order valence-electron chi connectivity index (χ3n) is 3.87. The summed E-state index contributed by atoms with van der Waals surface area (Å²) in [5.41, 5.74) is 1.45. The van der Waals surface area contributed by atoms with Crippen LogP contribution in [0.5, 0.6) is 5.75 Å². The first-order valence-corrected chi connectivity index (χ1v) is 10.3. The van der Waals surface area contributed by atoms with Gasteiger partial charge in [-0.1, -0.05) is 24.6 Å². The highest BCUT2D eigenvalue weighted by molar-refractivity contribution is 7.89. The molecule has 2 aromatic carbocycles. The van der Waals surface area contributed by atoms with Gasteiger partial charge in [0.05, 0.1) is 24.2 Å². The number of rotatable bonds is 8. The van der Waals surface area contributed by atoms with Crippen molar-refractivity contribution in [3.05, 3.63) is 53.1 Å². The molecule has 0 saturated heterocycles. The number of methoxy groups -OCH3 is 1. The van der Waals surface area contributed by atoms with E-state index in [1.54, 1.807) is 12.1 Å². The number of sulfonamides is 1. The van der Waals surface area contributed by atoms with Crippen LogP contribution in [0.15, 0.2) is 47.4 Å². The molecule has 2 rings (SSSR count). The molecular formula is C19H23ClN2O4S. The summed E-state index contributed by atoms with van der Waals surface area (Å²) in [4.78, 5) is 12.6. The Kier molecular flexibility index (Phi) is 7.24. The summed E-state index contributed by atoms with van der Waals surface area (Å²) in [6.45, 7) is 3.68. The van der Waals surface area contributed by atoms with Crippen molar-refractivity contribution in [3.63, 3.8) is 0 Å². The van der Waals surface area contributed by atoms with Gasteiger partial charge in [-0.15, -0.1) is 0 Å². The molecule has 6 nitrogen and oxygen atoms in total. The van der Waals surface area contributed by atoms with E-state index in [1.165, 1.54) is 31.4 Å². The predicted molar refractivity (Wildman–Crippen MR) is 107 cm³/mol. The van der Waals surface area contributed by atoms with Gasteiger partial charge in [0.15, 0.2) is 0 Å². The maximum atomic E-state index is 12.9. The molecule has 0 aliphatic carbocycles. The van der Waals surface area contributed by atoms with Crippen LogP contribution in [0.2, 0.25) is 5.02 Å². The van der Waals surface area contributed by atoms with Crippen LogP contribution in [0, 0.1) is 6.92 Å². The highest BCUT2D eigenvalue weighted by Gasteiger charge is 2.26. The van der Waals surface area contributed by atoms with Gasteiger partial charge in [-0.2, -0.15) is 4.31 Å². The van der Waals surface area contributed by atoms with Crippen molar-refractivity contribution in [3.8, 4) is 5.75 Å². The van der Waals surface area contributed by atoms with Crippen LogP contribution in [0.4, 0.5) is 5.69 Å². The molecule has 8 heteroatoms. The van der Waals surface area contributed by atoms with Crippen molar-refractivity contribution >= 4 is 33.2 Å². The van der Waals surface area contributed by atoms with E-state index >= 15 is 0 Å². The van der Waals surface area contributed by atoms with Gasteiger partial charge in [-0.05, 0) is 55.3 Å². The van der Waals surface area contributed by atoms with Crippen LogP contribution in [-0.4, -0.2) is 38.8 Å².